The van der Waals surface area contributed by atoms with Crippen molar-refractivity contribution in [2.24, 2.45) is 5.92 Å². The van der Waals surface area contributed by atoms with Crippen molar-refractivity contribution in [3.8, 4) is 11.3 Å². The van der Waals surface area contributed by atoms with Gasteiger partial charge < -0.3 is 5.11 Å². The minimum absolute atomic E-state index is 0.0331. The molecule has 1 aliphatic rings. The third kappa shape index (κ3) is 4.09. The second-order valence-electron chi connectivity index (χ2n) is 6.72. The van der Waals surface area contributed by atoms with Crippen molar-refractivity contribution in [3.63, 3.8) is 0 Å². The molecule has 2 heterocycles. The van der Waals surface area contributed by atoms with Gasteiger partial charge in [0.15, 0.2) is 0 Å². The van der Waals surface area contributed by atoms with E-state index in [0.29, 0.717) is 19.6 Å². The number of aromatic amines is 1. The van der Waals surface area contributed by atoms with Gasteiger partial charge in [-0.15, -0.1) is 0 Å². The number of sulfonamides is 1. The number of β-amino-alcohol motifs (C(OH)–C–C–N with tert-alkyl or cyclic N) is 1. The van der Waals surface area contributed by atoms with Crippen LogP contribution < -0.4 is 0 Å². The molecule has 7 nitrogen and oxygen atoms in total. The van der Waals surface area contributed by atoms with Gasteiger partial charge in [0, 0.05) is 45.2 Å². The van der Waals surface area contributed by atoms with Gasteiger partial charge >= 0.3 is 0 Å². The molecule has 0 bridgehead atoms. The van der Waals surface area contributed by atoms with E-state index in [9.17, 15) is 13.5 Å². The molecule has 1 aliphatic heterocycles. The largest absolute Gasteiger partial charge is 0.391 e. The summed E-state index contributed by atoms with van der Waals surface area (Å²) in [6.45, 7) is 1.64. The molecule has 1 saturated heterocycles. The Morgan fingerprint density at radius 2 is 2.00 bits per heavy atom. The van der Waals surface area contributed by atoms with Crippen LogP contribution in [0.5, 0.6) is 0 Å². The zero-order valence-electron chi connectivity index (χ0n) is 14.5. The van der Waals surface area contributed by atoms with Gasteiger partial charge in [0.2, 0.25) is 10.0 Å². The number of H-pyrrole nitrogens is 1. The minimum Gasteiger partial charge on any atom is -0.391 e. The molecule has 3 rings (SSSR count). The molecule has 136 valence electrons. The second kappa shape index (κ2) is 7.25. The zero-order valence-corrected chi connectivity index (χ0v) is 15.3. The lowest BCUT2D eigenvalue weighted by molar-refractivity contribution is 0.148. The van der Waals surface area contributed by atoms with Crippen LogP contribution in [0, 0.1) is 5.92 Å². The van der Waals surface area contributed by atoms with Crippen molar-refractivity contribution in [2.75, 3.05) is 32.9 Å². The maximum absolute atomic E-state index is 12.1. The Hall–Kier alpha value is -1.74. The van der Waals surface area contributed by atoms with Crippen molar-refractivity contribution >= 4 is 10.0 Å². The normalized spacial score (nSPS) is 21.9. The maximum Gasteiger partial charge on any atom is 0.214 e. The highest BCUT2D eigenvalue weighted by Gasteiger charge is 2.35. The summed E-state index contributed by atoms with van der Waals surface area (Å²) in [5.74, 6) is -0.311. The first-order chi connectivity index (χ1) is 11.9. The topological polar surface area (TPSA) is 89.5 Å². The van der Waals surface area contributed by atoms with Crippen LogP contribution in [0.1, 0.15) is 5.56 Å². The SMILES string of the molecule is CN(C)S(=O)(=O)C[C@@H]1CN(Cc2cn[nH]c2-c2ccccc2)C[C@H]1O. The summed E-state index contributed by atoms with van der Waals surface area (Å²) in [6.07, 6.45) is 1.15. The third-order valence-corrected chi connectivity index (χ3v) is 6.60. The lowest BCUT2D eigenvalue weighted by Crippen LogP contribution is -2.33. The van der Waals surface area contributed by atoms with E-state index < -0.39 is 16.1 Å². The van der Waals surface area contributed by atoms with Crippen molar-refractivity contribution in [1.82, 2.24) is 19.4 Å². The van der Waals surface area contributed by atoms with Crippen molar-refractivity contribution < 1.29 is 13.5 Å². The Labute approximate surface area is 148 Å². The van der Waals surface area contributed by atoms with Gasteiger partial charge in [-0.25, -0.2) is 12.7 Å². The summed E-state index contributed by atoms with van der Waals surface area (Å²) >= 11 is 0. The summed E-state index contributed by atoms with van der Waals surface area (Å²) in [4.78, 5) is 2.08. The van der Waals surface area contributed by atoms with Gasteiger partial charge in [0.05, 0.1) is 23.7 Å². The first-order valence-corrected chi connectivity index (χ1v) is 9.86. The predicted molar refractivity (Wildman–Crippen MR) is 96.3 cm³/mol. The summed E-state index contributed by atoms with van der Waals surface area (Å²) in [6, 6.07) is 9.94. The molecule has 0 saturated carbocycles. The van der Waals surface area contributed by atoms with E-state index in [0.717, 1.165) is 16.8 Å². The van der Waals surface area contributed by atoms with Crippen LogP contribution >= 0.6 is 0 Å². The van der Waals surface area contributed by atoms with Gasteiger partial charge in [-0.1, -0.05) is 30.3 Å². The highest BCUT2D eigenvalue weighted by Crippen LogP contribution is 2.26. The number of hydrogen-bond donors (Lipinski definition) is 2. The molecule has 1 aromatic heterocycles. The van der Waals surface area contributed by atoms with E-state index >= 15 is 0 Å². The summed E-state index contributed by atoms with van der Waals surface area (Å²) in [7, 11) is -0.283. The zero-order chi connectivity index (χ0) is 18.0. The highest BCUT2D eigenvalue weighted by atomic mass is 32.2. The molecule has 2 N–H and O–H groups in total. The molecule has 2 aromatic rings. The average Bonchev–Trinajstić information content (AvgIpc) is 3.15. The van der Waals surface area contributed by atoms with Crippen molar-refractivity contribution in [2.45, 2.75) is 12.6 Å². The second-order valence-corrected chi connectivity index (χ2v) is 8.95. The molecule has 1 aromatic carbocycles. The van der Waals surface area contributed by atoms with Crippen LogP contribution in [-0.2, 0) is 16.6 Å². The molecule has 1 fully saturated rings. The molecule has 25 heavy (non-hydrogen) atoms. The Bertz CT molecular complexity index is 804. The molecule has 8 heteroatoms. The van der Waals surface area contributed by atoms with Crippen LogP contribution in [0.15, 0.2) is 36.5 Å². The van der Waals surface area contributed by atoms with E-state index in [4.69, 9.17) is 0 Å². The molecule has 0 unspecified atom stereocenters. The highest BCUT2D eigenvalue weighted by molar-refractivity contribution is 7.89. The third-order valence-electron chi connectivity index (χ3n) is 4.64. The molecule has 2 atom stereocenters. The number of likely N-dealkylation sites (tertiary alicyclic amines) is 1. The monoisotopic (exact) mass is 364 g/mol. The Kier molecular flexibility index (Phi) is 5.24. The summed E-state index contributed by atoms with van der Waals surface area (Å²) in [5.41, 5.74) is 3.05. The number of rotatable bonds is 6. The number of hydrogen-bond acceptors (Lipinski definition) is 5. The van der Waals surface area contributed by atoms with Crippen LogP contribution in [0.2, 0.25) is 0 Å². The van der Waals surface area contributed by atoms with Gasteiger partial charge in [-0.3, -0.25) is 10.00 Å². The van der Waals surface area contributed by atoms with E-state index in [-0.39, 0.29) is 11.7 Å². The Morgan fingerprint density at radius 3 is 2.68 bits per heavy atom. The molecule has 0 spiro atoms. The number of aromatic nitrogens is 2. The van der Waals surface area contributed by atoms with E-state index in [1.807, 2.05) is 30.3 Å². The average molecular weight is 364 g/mol. The first kappa shape index (κ1) is 18.1. The van der Waals surface area contributed by atoms with Gasteiger partial charge in [-0.2, -0.15) is 5.10 Å². The van der Waals surface area contributed by atoms with E-state index in [2.05, 4.69) is 15.1 Å². The van der Waals surface area contributed by atoms with Gasteiger partial charge in [0.1, 0.15) is 0 Å². The minimum atomic E-state index is -3.32. The summed E-state index contributed by atoms with van der Waals surface area (Å²) in [5, 5.41) is 17.4. The van der Waals surface area contributed by atoms with E-state index in [1.165, 1.54) is 18.4 Å². The van der Waals surface area contributed by atoms with Crippen molar-refractivity contribution in [1.29, 1.82) is 0 Å². The number of benzene rings is 1. The number of aliphatic hydroxyl groups is 1. The first-order valence-electron chi connectivity index (χ1n) is 8.25. The van der Waals surface area contributed by atoms with Crippen LogP contribution in [0.25, 0.3) is 11.3 Å². The smallest absolute Gasteiger partial charge is 0.214 e. The predicted octanol–water partition coefficient (Wildman–Crippen LogP) is 0.761. The number of nitrogens with zero attached hydrogens (tertiary/aromatic N) is 3. The maximum atomic E-state index is 12.1. The van der Waals surface area contributed by atoms with E-state index in [1.54, 1.807) is 6.20 Å². The Morgan fingerprint density at radius 1 is 1.28 bits per heavy atom. The summed E-state index contributed by atoms with van der Waals surface area (Å²) < 4.78 is 25.4. The quantitative estimate of drug-likeness (QED) is 0.790. The van der Waals surface area contributed by atoms with Crippen LogP contribution in [0.3, 0.4) is 0 Å². The van der Waals surface area contributed by atoms with Gasteiger partial charge in [-0.05, 0) is 5.56 Å². The fraction of sp³-hybridized carbons (Fsp3) is 0.471. The van der Waals surface area contributed by atoms with Crippen LogP contribution in [0.4, 0.5) is 0 Å². The lowest BCUT2D eigenvalue weighted by Gasteiger charge is -2.18. The molecule has 0 radical (unpaired) electrons. The Balaban J connectivity index is 1.69. The standard InChI is InChI=1S/C17H24N4O3S/c1-20(2)25(23,24)12-15-10-21(11-16(15)22)9-14-8-18-19-17(14)13-6-4-3-5-7-13/h3-8,15-16,22H,9-12H2,1-2H3,(H,18,19)/t15-,16+/m0/s1. The number of aliphatic hydroxyl groups excluding tert-OH is 1. The fourth-order valence-corrected chi connectivity index (χ4v) is 4.35. The molecular weight excluding hydrogens is 340 g/mol. The van der Waals surface area contributed by atoms with Gasteiger partial charge in [0.25, 0.3) is 0 Å². The number of nitrogens with one attached hydrogen (secondary N) is 1. The van der Waals surface area contributed by atoms with Crippen molar-refractivity contribution in [3.05, 3.63) is 42.1 Å². The lowest BCUT2D eigenvalue weighted by atomic mass is 10.1. The van der Waals surface area contributed by atoms with Crippen LogP contribution in [-0.4, -0.2) is 72.0 Å². The molecule has 0 aliphatic carbocycles. The molecular formula is C17H24N4O3S. The molecule has 0 amide bonds. The fourth-order valence-electron chi connectivity index (χ4n) is 3.18.